The minimum Gasteiger partial charge on any atom is -0.680 e. The van der Waals surface area contributed by atoms with Crippen molar-refractivity contribution in [3.05, 3.63) is 168 Å². The van der Waals surface area contributed by atoms with Gasteiger partial charge >= 0.3 is 11.9 Å². The summed E-state index contributed by atoms with van der Waals surface area (Å²) < 4.78 is 33.6. The van der Waals surface area contributed by atoms with Crippen molar-refractivity contribution < 1.29 is 64.7 Å². The Morgan fingerprint density at radius 2 is 0.852 bits per heavy atom. The first-order valence-electron chi connectivity index (χ1n) is 20.3. The van der Waals surface area contributed by atoms with Crippen LogP contribution in [-0.2, 0) is 17.1 Å². The van der Waals surface area contributed by atoms with Crippen LogP contribution in [0.3, 0.4) is 0 Å². The molecule has 11 heteroatoms. The number of unbranched alkanes of at least 4 members (excludes halogenated alkanes) is 6. The second kappa shape index (κ2) is 25.9. The predicted octanol–water partition coefficient (Wildman–Crippen LogP) is 11.6. The Balaban J connectivity index is 0.000000264. The molecule has 6 rings (SSSR count). The molecule has 0 saturated heterocycles. The van der Waals surface area contributed by atoms with Crippen LogP contribution in [0.15, 0.2) is 146 Å². The van der Waals surface area contributed by atoms with Crippen LogP contribution >= 0.6 is 0 Å². The van der Waals surface area contributed by atoms with Crippen LogP contribution in [0.25, 0.3) is 0 Å². The molecule has 324 valence electrons. The Bertz CT molecular complexity index is 2080. The standard InChI is InChI=1S/2C25H25O5.Fe/c2*1-2-3-4-11-18-28-22-16-9-10-17-23(22)30-25(27)20-14-7-8-15-21(20)29-24(26)19-12-5-6-13-19;/h2*5-10,12-17H,2-4,11,18H2,1H3;/q-5;-1;. The zero-order chi connectivity index (χ0) is 42.4. The molecule has 0 aromatic heterocycles. The third-order valence-electron chi connectivity index (χ3n) is 9.03. The smallest absolute Gasteiger partial charge is 0.347 e. The van der Waals surface area contributed by atoms with Gasteiger partial charge in [0.1, 0.15) is 22.6 Å². The van der Waals surface area contributed by atoms with E-state index in [0.29, 0.717) is 47.3 Å². The zero-order valence-electron chi connectivity index (χ0n) is 34.4. The first-order chi connectivity index (χ1) is 29.4. The number of carbonyl (C=O) groups excluding carboxylic acids is 4. The Hall–Kier alpha value is -6.42. The molecular weight excluding hydrogens is 816 g/mol. The molecule has 0 aliphatic rings. The monoisotopic (exact) mass is 866 g/mol. The van der Waals surface area contributed by atoms with Crippen LogP contribution < -0.4 is 28.4 Å². The number of para-hydroxylation sites is 6. The van der Waals surface area contributed by atoms with E-state index in [-0.39, 0.29) is 39.7 Å². The van der Waals surface area contributed by atoms with Crippen LogP contribution in [0, 0.1) is 0 Å². The van der Waals surface area contributed by atoms with Gasteiger partial charge in [0.2, 0.25) is 0 Å². The summed E-state index contributed by atoms with van der Waals surface area (Å²) in [6.07, 6.45) is 8.73. The zero-order valence-corrected chi connectivity index (χ0v) is 35.5. The molecule has 0 saturated carbocycles. The third kappa shape index (κ3) is 15.0. The first kappa shape index (κ1) is 47.3. The van der Waals surface area contributed by atoms with Crippen LogP contribution in [0.1, 0.15) is 107 Å². The van der Waals surface area contributed by atoms with Gasteiger partial charge in [0.25, 0.3) is 5.97 Å². The van der Waals surface area contributed by atoms with Gasteiger partial charge in [-0.1, -0.05) is 112 Å². The van der Waals surface area contributed by atoms with E-state index >= 15 is 0 Å². The third-order valence-corrected chi connectivity index (χ3v) is 9.03. The minimum atomic E-state index is -0.622. The predicted molar refractivity (Wildman–Crippen MR) is 229 cm³/mol. The second-order valence-corrected chi connectivity index (χ2v) is 13.6. The Kier molecular flexibility index (Phi) is 20.1. The molecule has 61 heavy (non-hydrogen) atoms. The maximum atomic E-state index is 12.8. The van der Waals surface area contributed by atoms with Gasteiger partial charge in [-0.25, -0.2) is 21.7 Å². The quantitative estimate of drug-likeness (QED) is 0.0241. The van der Waals surface area contributed by atoms with Crippen LogP contribution in [0.5, 0.6) is 34.5 Å². The second-order valence-electron chi connectivity index (χ2n) is 13.6. The Morgan fingerprint density at radius 1 is 0.459 bits per heavy atom. The SMILES string of the molecule is CCCCCCOc1ccccc1OC(=O)c1ccccc1OC(=O)[c-]1[cH-][cH-][cH-][cH-]1.CCCCCCOc1ccccc1OC(=O)c1ccccc1OC(=O)[c-]1cccc1.[Fe]. The van der Waals surface area contributed by atoms with E-state index in [4.69, 9.17) is 28.4 Å². The van der Waals surface area contributed by atoms with Crippen LogP contribution in [-0.4, -0.2) is 37.1 Å². The summed E-state index contributed by atoms with van der Waals surface area (Å²) in [5.41, 5.74) is 1.16. The summed E-state index contributed by atoms with van der Waals surface area (Å²) in [4.78, 5) is 50.1. The molecule has 0 aliphatic carbocycles. The van der Waals surface area contributed by atoms with E-state index in [1.165, 1.54) is 12.8 Å². The van der Waals surface area contributed by atoms with Gasteiger partial charge in [-0.3, -0.25) is 4.79 Å². The van der Waals surface area contributed by atoms with Gasteiger partial charge in [-0.15, -0.1) is 0 Å². The van der Waals surface area contributed by atoms with Crippen molar-refractivity contribution in [2.24, 2.45) is 0 Å². The van der Waals surface area contributed by atoms with Gasteiger partial charge in [-0.05, 0) is 61.4 Å². The molecule has 0 N–H and O–H groups in total. The van der Waals surface area contributed by atoms with Gasteiger partial charge in [0, 0.05) is 17.1 Å². The van der Waals surface area contributed by atoms with E-state index in [2.05, 4.69) is 13.8 Å². The normalized spacial score (nSPS) is 10.3. The van der Waals surface area contributed by atoms with Crippen molar-refractivity contribution in [1.29, 1.82) is 0 Å². The molecule has 0 unspecified atom stereocenters. The number of esters is 4. The molecule has 0 radical (unpaired) electrons. The summed E-state index contributed by atoms with van der Waals surface area (Å²) in [5.74, 6) is -0.344. The van der Waals surface area contributed by atoms with Gasteiger partial charge in [0.05, 0.1) is 13.2 Å². The molecule has 0 heterocycles. The Morgan fingerprint density at radius 3 is 1.30 bits per heavy atom. The number of hydrogen-bond acceptors (Lipinski definition) is 10. The summed E-state index contributed by atoms with van der Waals surface area (Å²) in [6, 6.07) is 40.7. The number of rotatable bonds is 20. The van der Waals surface area contributed by atoms with Crippen LogP contribution in [0.4, 0.5) is 0 Å². The van der Waals surface area contributed by atoms with E-state index in [1.54, 1.807) is 133 Å². The Labute approximate surface area is 367 Å². The van der Waals surface area contributed by atoms with Crippen molar-refractivity contribution in [1.82, 2.24) is 0 Å². The molecule has 10 nitrogen and oxygen atoms in total. The van der Waals surface area contributed by atoms with Gasteiger partial charge in [-0.2, -0.15) is 12.1 Å². The van der Waals surface area contributed by atoms with Gasteiger partial charge < -0.3 is 63.0 Å². The molecule has 0 bridgehead atoms. The number of ether oxygens (including phenoxy) is 6. The molecule has 0 amide bonds. The largest absolute Gasteiger partial charge is 0.680 e. The fourth-order valence-electron chi connectivity index (χ4n) is 5.83. The summed E-state index contributed by atoms with van der Waals surface area (Å²) >= 11 is 0. The van der Waals surface area contributed by atoms with Crippen molar-refractivity contribution >= 4 is 23.9 Å². The fraction of sp³-hybridized carbons (Fsp3) is 0.240. The van der Waals surface area contributed by atoms with E-state index in [9.17, 15) is 19.2 Å². The summed E-state index contributed by atoms with van der Waals surface area (Å²) in [5, 5.41) is 0. The van der Waals surface area contributed by atoms with E-state index in [1.807, 2.05) is 12.1 Å². The first-order valence-corrected chi connectivity index (χ1v) is 20.3. The van der Waals surface area contributed by atoms with E-state index in [0.717, 1.165) is 38.5 Å². The molecule has 0 aliphatic heterocycles. The van der Waals surface area contributed by atoms with Gasteiger partial charge in [0.15, 0.2) is 23.0 Å². The molecule has 6 aromatic rings. The molecule has 0 atom stereocenters. The number of hydrogen-bond donors (Lipinski definition) is 0. The maximum absolute atomic E-state index is 12.8. The molecule has 0 spiro atoms. The fourth-order valence-corrected chi connectivity index (χ4v) is 5.83. The molecule has 0 fully saturated rings. The maximum Gasteiger partial charge on any atom is 0.347 e. The molecular formula is C50H50FeO10-6. The topological polar surface area (TPSA) is 124 Å². The molecule has 6 aromatic carbocycles. The van der Waals surface area contributed by atoms with Crippen molar-refractivity contribution in [3.63, 3.8) is 0 Å². The minimum absolute atomic E-state index is 0. The van der Waals surface area contributed by atoms with Crippen LogP contribution in [0.2, 0.25) is 0 Å². The average molecular weight is 867 g/mol. The van der Waals surface area contributed by atoms with Crippen molar-refractivity contribution in [2.45, 2.75) is 65.2 Å². The number of benzene rings is 4. The summed E-state index contributed by atoms with van der Waals surface area (Å²) in [7, 11) is 0. The average Bonchev–Trinajstić information content (AvgIpc) is 4.02. The van der Waals surface area contributed by atoms with E-state index < -0.39 is 23.9 Å². The van der Waals surface area contributed by atoms with Crippen molar-refractivity contribution in [2.75, 3.05) is 13.2 Å². The number of carbonyl (C=O) groups is 4. The van der Waals surface area contributed by atoms with Crippen molar-refractivity contribution in [3.8, 4) is 34.5 Å². The summed E-state index contributed by atoms with van der Waals surface area (Å²) in [6.45, 7) is 5.43.